The Labute approximate surface area is 149 Å². The molecule has 1 aromatic carbocycles. The fourth-order valence-electron chi connectivity index (χ4n) is 4.15. The van der Waals surface area contributed by atoms with E-state index in [4.69, 9.17) is 10.5 Å². The van der Waals surface area contributed by atoms with Gasteiger partial charge in [0.2, 0.25) is 0 Å². The Balaban J connectivity index is 1.37. The average Bonchev–Trinajstić information content (AvgIpc) is 3.35. The van der Waals surface area contributed by atoms with Crippen LogP contribution in [0.3, 0.4) is 0 Å². The zero-order valence-electron chi connectivity index (χ0n) is 14.8. The van der Waals surface area contributed by atoms with E-state index in [0.717, 1.165) is 52.1 Å². The Morgan fingerprint density at radius 3 is 2.68 bits per heavy atom. The van der Waals surface area contributed by atoms with Gasteiger partial charge in [-0.15, -0.1) is 0 Å². The molecule has 2 saturated heterocycles. The molecule has 134 valence electrons. The number of imidazole rings is 1. The first-order valence-corrected chi connectivity index (χ1v) is 9.42. The molecule has 0 radical (unpaired) electrons. The number of hydrogen-bond donors (Lipinski definition) is 1. The smallest absolute Gasteiger partial charge is 0.0951 e. The van der Waals surface area contributed by atoms with E-state index in [-0.39, 0.29) is 6.04 Å². The molecule has 1 aromatic heterocycles. The number of piperidine rings is 1. The number of benzene rings is 1. The Hall–Kier alpha value is -1.69. The molecule has 2 aromatic rings. The third-order valence-electron chi connectivity index (χ3n) is 5.71. The van der Waals surface area contributed by atoms with Crippen molar-refractivity contribution in [3.8, 4) is 0 Å². The second-order valence-electron chi connectivity index (χ2n) is 7.37. The molecule has 0 bridgehead atoms. The van der Waals surface area contributed by atoms with Crippen LogP contribution in [0.15, 0.2) is 42.9 Å². The Kier molecular flexibility index (Phi) is 5.15. The van der Waals surface area contributed by atoms with Gasteiger partial charge in [0, 0.05) is 44.4 Å². The number of hydrogen-bond acceptors (Lipinski definition) is 4. The molecular weight excluding hydrogens is 312 g/mol. The van der Waals surface area contributed by atoms with Gasteiger partial charge < -0.3 is 15.0 Å². The molecule has 2 unspecified atom stereocenters. The highest BCUT2D eigenvalue weighted by Gasteiger charge is 2.29. The van der Waals surface area contributed by atoms with E-state index < -0.39 is 0 Å². The molecule has 0 spiro atoms. The Bertz CT molecular complexity index is 657. The summed E-state index contributed by atoms with van der Waals surface area (Å²) in [7, 11) is 0. The van der Waals surface area contributed by atoms with Gasteiger partial charge in [0.05, 0.1) is 24.7 Å². The lowest BCUT2D eigenvalue weighted by Gasteiger charge is -2.34. The summed E-state index contributed by atoms with van der Waals surface area (Å²) in [5, 5.41) is 0. The summed E-state index contributed by atoms with van der Waals surface area (Å²) in [6.07, 6.45) is 7.30. The third-order valence-corrected chi connectivity index (χ3v) is 5.71. The van der Waals surface area contributed by atoms with Crippen molar-refractivity contribution < 1.29 is 4.74 Å². The molecule has 2 N–H and O–H groups in total. The lowest BCUT2D eigenvalue weighted by atomic mass is 9.96. The van der Waals surface area contributed by atoms with Gasteiger partial charge in [-0.1, -0.05) is 30.3 Å². The summed E-state index contributed by atoms with van der Waals surface area (Å²) in [6.45, 7) is 4.91. The first-order valence-electron chi connectivity index (χ1n) is 9.42. The topological polar surface area (TPSA) is 56.3 Å². The van der Waals surface area contributed by atoms with Crippen molar-refractivity contribution in [2.45, 2.75) is 37.9 Å². The highest BCUT2D eigenvalue weighted by atomic mass is 16.5. The van der Waals surface area contributed by atoms with Crippen molar-refractivity contribution in [1.82, 2.24) is 14.5 Å². The van der Waals surface area contributed by atoms with Crippen molar-refractivity contribution in [3.63, 3.8) is 0 Å². The molecular formula is C20H28N4O. The second-order valence-corrected chi connectivity index (χ2v) is 7.37. The summed E-state index contributed by atoms with van der Waals surface area (Å²) in [6, 6.07) is 11.3. The average molecular weight is 340 g/mol. The predicted molar refractivity (Wildman–Crippen MR) is 98.1 cm³/mol. The minimum absolute atomic E-state index is 0.0346. The van der Waals surface area contributed by atoms with E-state index in [9.17, 15) is 0 Å². The Morgan fingerprint density at radius 1 is 1.16 bits per heavy atom. The zero-order valence-corrected chi connectivity index (χ0v) is 14.8. The molecule has 5 nitrogen and oxygen atoms in total. The normalized spacial score (nSPS) is 23.8. The number of likely N-dealkylation sites (tertiary alicyclic amines) is 1. The van der Waals surface area contributed by atoms with Crippen LogP contribution in [0.2, 0.25) is 0 Å². The first-order chi connectivity index (χ1) is 12.3. The van der Waals surface area contributed by atoms with Crippen molar-refractivity contribution >= 4 is 0 Å². The van der Waals surface area contributed by atoms with Crippen molar-refractivity contribution in [2.24, 2.45) is 11.7 Å². The van der Waals surface area contributed by atoms with Crippen molar-refractivity contribution in [3.05, 3.63) is 54.1 Å². The van der Waals surface area contributed by atoms with Crippen LogP contribution in [0.5, 0.6) is 0 Å². The van der Waals surface area contributed by atoms with Crippen LogP contribution in [-0.4, -0.2) is 40.8 Å². The van der Waals surface area contributed by atoms with E-state index >= 15 is 0 Å². The molecule has 2 aliphatic heterocycles. The minimum atomic E-state index is 0.0346. The summed E-state index contributed by atoms with van der Waals surface area (Å²) < 4.78 is 7.85. The van der Waals surface area contributed by atoms with Gasteiger partial charge in [-0.2, -0.15) is 0 Å². The zero-order chi connectivity index (χ0) is 17.1. The van der Waals surface area contributed by atoms with Gasteiger partial charge in [-0.3, -0.25) is 4.90 Å². The SMILES string of the molecule is NC(c1cncn1C1CCN(Cc2ccccc2)CC1)C1CCOC1. The van der Waals surface area contributed by atoms with Crippen LogP contribution in [0.4, 0.5) is 0 Å². The van der Waals surface area contributed by atoms with Crippen molar-refractivity contribution in [1.29, 1.82) is 0 Å². The van der Waals surface area contributed by atoms with Gasteiger partial charge in [0.25, 0.3) is 0 Å². The fraction of sp³-hybridized carbons (Fsp3) is 0.550. The third kappa shape index (κ3) is 3.78. The van der Waals surface area contributed by atoms with E-state index in [1.165, 1.54) is 11.3 Å². The lowest BCUT2D eigenvalue weighted by Crippen LogP contribution is -2.35. The van der Waals surface area contributed by atoms with Gasteiger partial charge in [0.15, 0.2) is 0 Å². The quantitative estimate of drug-likeness (QED) is 0.909. The molecule has 2 atom stereocenters. The summed E-state index contributed by atoms with van der Waals surface area (Å²) in [4.78, 5) is 6.95. The molecule has 5 heteroatoms. The highest BCUT2D eigenvalue weighted by molar-refractivity contribution is 5.14. The van der Waals surface area contributed by atoms with Crippen molar-refractivity contribution in [2.75, 3.05) is 26.3 Å². The maximum atomic E-state index is 6.53. The Morgan fingerprint density at radius 2 is 1.96 bits per heavy atom. The molecule has 4 rings (SSSR count). The predicted octanol–water partition coefficient (Wildman–Crippen LogP) is 2.76. The second kappa shape index (κ2) is 7.68. The van der Waals surface area contributed by atoms with Gasteiger partial charge >= 0.3 is 0 Å². The molecule has 0 aliphatic carbocycles. The number of nitrogens with two attached hydrogens (primary N) is 1. The van der Waals surface area contributed by atoms with Gasteiger partial charge in [-0.05, 0) is 24.8 Å². The van der Waals surface area contributed by atoms with Gasteiger partial charge in [-0.25, -0.2) is 4.98 Å². The highest BCUT2D eigenvalue weighted by Crippen LogP contribution is 2.31. The number of nitrogens with zero attached hydrogens (tertiary/aromatic N) is 3. The summed E-state index contributed by atoms with van der Waals surface area (Å²) in [5.41, 5.74) is 9.10. The van der Waals surface area contributed by atoms with Crippen LogP contribution in [0, 0.1) is 5.92 Å². The lowest BCUT2D eigenvalue weighted by molar-refractivity contribution is 0.171. The van der Waals surface area contributed by atoms with Gasteiger partial charge in [0.1, 0.15) is 0 Å². The summed E-state index contributed by atoms with van der Waals surface area (Å²) >= 11 is 0. The standard InChI is InChI=1S/C20H28N4O/c21-20(17-8-11-25-14-17)19-12-22-15-24(19)18-6-9-23(10-7-18)13-16-4-2-1-3-5-16/h1-5,12,15,17-18,20H,6-11,13-14,21H2. The van der Waals surface area contributed by atoms with Crippen LogP contribution in [0.25, 0.3) is 0 Å². The van der Waals surface area contributed by atoms with E-state index in [1.54, 1.807) is 0 Å². The molecule has 0 saturated carbocycles. The molecule has 2 fully saturated rings. The number of ether oxygens (including phenoxy) is 1. The van der Waals surface area contributed by atoms with E-state index in [2.05, 4.69) is 44.8 Å². The monoisotopic (exact) mass is 340 g/mol. The van der Waals surface area contributed by atoms with Crippen LogP contribution < -0.4 is 5.73 Å². The number of rotatable bonds is 5. The molecule has 25 heavy (non-hydrogen) atoms. The van der Waals surface area contributed by atoms with E-state index in [0.29, 0.717) is 12.0 Å². The maximum absolute atomic E-state index is 6.53. The maximum Gasteiger partial charge on any atom is 0.0951 e. The molecule has 2 aliphatic rings. The number of aromatic nitrogens is 2. The minimum Gasteiger partial charge on any atom is -0.381 e. The van der Waals surface area contributed by atoms with E-state index in [1.807, 2.05) is 12.5 Å². The fourth-order valence-corrected chi connectivity index (χ4v) is 4.15. The first kappa shape index (κ1) is 16.8. The summed E-state index contributed by atoms with van der Waals surface area (Å²) in [5.74, 6) is 0.425. The van der Waals surface area contributed by atoms with Crippen LogP contribution >= 0.6 is 0 Å². The van der Waals surface area contributed by atoms with Crippen LogP contribution in [-0.2, 0) is 11.3 Å². The van der Waals surface area contributed by atoms with Crippen LogP contribution in [0.1, 0.15) is 42.6 Å². The molecule has 0 amide bonds. The largest absolute Gasteiger partial charge is 0.381 e. The molecule has 3 heterocycles.